The fourth-order valence-corrected chi connectivity index (χ4v) is 2.01. The van der Waals surface area contributed by atoms with Crippen molar-refractivity contribution in [1.29, 1.82) is 0 Å². The Morgan fingerprint density at radius 1 is 1.15 bits per heavy atom. The van der Waals surface area contributed by atoms with E-state index in [1.54, 1.807) is 18.6 Å². The highest BCUT2D eigenvalue weighted by Gasteiger charge is 2.05. The zero-order chi connectivity index (χ0) is 14.4. The molecule has 0 spiro atoms. The fourth-order valence-electron chi connectivity index (χ4n) is 2.01. The Balaban J connectivity index is 1.76. The molecule has 1 atom stereocenters. The maximum absolute atomic E-state index is 13.0. The molecule has 1 N–H and O–H groups in total. The van der Waals surface area contributed by atoms with Crippen molar-refractivity contribution < 1.29 is 8.78 Å². The number of rotatable bonds is 6. The fraction of sp³-hybridized carbons (Fsp3) is 0.333. The number of nitrogens with one attached hydrogen (secondary N) is 1. The normalized spacial score (nSPS) is 12.3. The Labute approximate surface area is 117 Å². The molecule has 1 heterocycles. The molecule has 20 heavy (non-hydrogen) atoms. The average molecular weight is 277 g/mol. The Kier molecular flexibility index (Phi) is 5.12. The Hall–Kier alpha value is -1.88. The smallest absolute Gasteiger partial charge is 0.126 e. The molecule has 2 aromatic rings. The molecule has 0 aliphatic rings. The highest BCUT2D eigenvalue weighted by molar-refractivity contribution is 5.17. The number of hydrogen-bond donors (Lipinski definition) is 1. The lowest BCUT2D eigenvalue weighted by molar-refractivity contribution is 0.542. The Bertz CT molecular complexity index is 526. The summed E-state index contributed by atoms with van der Waals surface area (Å²) in [4.78, 5) is 8.23. The second kappa shape index (κ2) is 7.05. The first-order chi connectivity index (χ1) is 9.65. The summed E-state index contributed by atoms with van der Waals surface area (Å²) in [6.07, 6.45) is 6.44. The minimum Gasteiger partial charge on any atom is -0.309 e. The molecule has 2 rings (SSSR count). The van der Waals surface area contributed by atoms with Crippen molar-refractivity contribution in [1.82, 2.24) is 15.3 Å². The van der Waals surface area contributed by atoms with E-state index in [0.29, 0.717) is 12.0 Å². The third-order valence-electron chi connectivity index (χ3n) is 3.04. The van der Waals surface area contributed by atoms with Crippen molar-refractivity contribution in [2.75, 3.05) is 6.54 Å². The van der Waals surface area contributed by atoms with E-state index in [1.165, 1.54) is 12.1 Å². The summed E-state index contributed by atoms with van der Waals surface area (Å²) in [5, 5.41) is 3.31. The summed E-state index contributed by atoms with van der Waals surface area (Å²) in [5.74, 6) is -1.05. The highest BCUT2D eigenvalue weighted by atomic mass is 19.1. The van der Waals surface area contributed by atoms with Gasteiger partial charge in [0.2, 0.25) is 0 Å². The van der Waals surface area contributed by atoms with E-state index in [9.17, 15) is 8.78 Å². The van der Waals surface area contributed by atoms with Crippen molar-refractivity contribution in [2.45, 2.75) is 25.8 Å². The summed E-state index contributed by atoms with van der Waals surface area (Å²) in [6, 6.07) is 3.73. The molecule has 0 bridgehead atoms. The standard InChI is InChI=1S/C15H17F2N3/c1-11(15-10-18-5-6-20-15)19-4-2-3-12-7-13(16)9-14(17)8-12/h5-11,19H,2-4H2,1H3/t11-/m1/s1. The van der Waals surface area contributed by atoms with Gasteiger partial charge in [-0.3, -0.25) is 9.97 Å². The Morgan fingerprint density at radius 2 is 1.90 bits per heavy atom. The average Bonchev–Trinajstić information content (AvgIpc) is 2.43. The molecule has 0 fully saturated rings. The lowest BCUT2D eigenvalue weighted by Crippen LogP contribution is -2.21. The van der Waals surface area contributed by atoms with E-state index >= 15 is 0 Å². The largest absolute Gasteiger partial charge is 0.309 e. The molecule has 3 nitrogen and oxygen atoms in total. The van der Waals surface area contributed by atoms with Gasteiger partial charge in [-0.25, -0.2) is 8.78 Å². The first kappa shape index (κ1) is 14.5. The van der Waals surface area contributed by atoms with Crippen molar-refractivity contribution in [3.8, 4) is 0 Å². The predicted octanol–water partition coefficient (Wildman–Crippen LogP) is 3.04. The third-order valence-corrected chi connectivity index (χ3v) is 3.04. The molecule has 0 aliphatic heterocycles. The SMILES string of the molecule is C[C@@H](NCCCc1cc(F)cc(F)c1)c1cnccn1. The van der Waals surface area contributed by atoms with Gasteiger partial charge in [-0.05, 0) is 44.0 Å². The summed E-state index contributed by atoms with van der Waals surface area (Å²) in [6.45, 7) is 2.75. The number of aryl methyl sites for hydroxylation is 1. The van der Waals surface area contributed by atoms with Gasteiger partial charge >= 0.3 is 0 Å². The van der Waals surface area contributed by atoms with Gasteiger partial charge in [0.15, 0.2) is 0 Å². The monoisotopic (exact) mass is 277 g/mol. The minimum absolute atomic E-state index is 0.105. The van der Waals surface area contributed by atoms with Gasteiger partial charge < -0.3 is 5.32 Å². The summed E-state index contributed by atoms with van der Waals surface area (Å²) >= 11 is 0. The molecular weight excluding hydrogens is 260 g/mol. The number of halogens is 2. The van der Waals surface area contributed by atoms with Crippen LogP contribution in [-0.4, -0.2) is 16.5 Å². The van der Waals surface area contributed by atoms with Crippen LogP contribution in [0.4, 0.5) is 8.78 Å². The molecule has 5 heteroatoms. The van der Waals surface area contributed by atoms with Crippen LogP contribution in [0.5, 0.6) is 0 Å². The maximum Gasteiger partial charge on any atom is 0.126 e. The highest BCUT2D eigenvalue weighted by Crippen LogP contribution is 2.10. The predicted molar refractivity (Wildman–Crippen MR) is 73.1 cm³/mol. The molecule has 0 radical (unpaired) electrons. The lowest BCUT2D eigenvalue weighted by Gasteiger charge is -2.12. The van der Waals surface area contributed by atoms with E-state index in [1.807, 2.05) is 6.92 Å². The molecule has 106 valence electrons. The lowest BCUT2D eigenvalue weighted by atomic mass is 10.1. The molecule has 1 aromatic heterocycles. The molecule has 0 saturated heterocycles. The van der Waals surface area contributed by atoms with Crippen LogP contribution in [0.2, 0.25) is 0 Å². The summed E-state index contributed by atoms with van der Waals surface area (Å²) in [7, 11) is 0. The zero-order valence-electron chi connectivity index (χ0n) is 11.3. The van der Waals surface area contributed by atoms with Gasteiger partial charge in [-0.15, -0.1) is 0 Å². The molecule has 1 aromatic carbocycles. The van der Waals surface area contributed by atoms with Crippen LogP contribution in [0.15, 0.2) is 36.8 Å². The topological polar surface area (TPSA) is 37.8 Å². The van der Waals surface area contributed by atoms with Crippen LogP contribution >= 0.6 is 0 Å². The van der Waals surface area contributed by atoms with Crippen molar-refractivity contribution in [2.24, 2.45) is 0 Å². The van der Waals surface area contributed by atoms with Crippen molar-refractivity contribution >= 4 is 0 Å². The van der Waals surface area contributed by atoms with Gasteiger partial charge in [-0.1, -0.05) is 0 Å². The molecule has 0 amide bonds. The Morgan fingerprint density at radius 3 is 2.55 bits per heavy atom. The molecule has 0 saturated carbocycles. The van der Waals surface area contributed by atoms with Crippen LogP contribution in [0.3, 0.4) is 0 Å². The van der Waals surface area contributed by atoms with Crippen LogP contribution in [-0.2, 0) is 6.42 Å². The van der Waals surface area contributed by atoms with Crippen molar-refractivity contribution in [3.63, 3.8) is 0 Å². The number of hydrogen-bond acceptors (Lipinski definition) is 3. The minimum atomic E-state index is -0.527. The van der Waals surface area contributed by atoms with Crippen LogP contribution in [0, 0.1) is 11.6 Å². The first-order valence-electron chi connectivity index (χ1n) is 6.59. The number of aromatic nitrogens is 2. The summed E-state index contributed by atoms with van der Waals surface area (Å²) in [5.41, 5.74) is 1.56. The first-order valence-corrected chi connectivity index (χ1v) is 6.59. The number of nitrogens with zero attached hydrogens (tertiary/aromatic N) is 2. The quantitative estimate of drug-likeness (QED) is 0.825. The van der Waals surface area contributed by atoms with Crippen LogP contribution in [0.1, 0.15) is 30.6 Å². The number of benzene rings is 1. The van der Waals surface area contributed by atoms with Gasteiger partial charge in [0, 0.05) is 30.7 Å². The van der Waals surface area contributed by atoms with Crippen molar-refractivity contribution in [3.05, 3.63) is 59.7 Å². The second-order valence-corrected chi connectivity index (χ2v) is 4.69. The van der Waals surface area contributed by atoms with Gasteiger partial charge in [-0.2, -0.15) is 0 Å². The zero-order valence-corrected chi connectivity index (χ0v) is 11.3. The van der Waals surface area contributed by atoms with Gasteiger partial charge in [0.1, 0.15) is 11.6 Å². The van der Waals surface area contributed by atoms with E-state index in [4.69, 9.17) is 0 Å². The van der Waals surface area contributed by atoms with E-state index in [2.05, 4.69) is 15.3 Å². The van der Waals surface area contributed by atoms with E-state index < -0.39 is 11.6 Å². The third kappa shape index (κ3) is 4.35. The maximum atomic E-state index is 13.0. The van der Waals surface area contributed by atoms with Crippen LogP contribution < -0.4 is 5.32 Å². The summed E-state index contributed by atoms with van der Waals surface area (Å²) < 4.78 is 26.0. The van der Waals surface area contributed by atoms with E-state index in [-0.39, 0.29) is 6.04 Å². The van der Waals surface area contributed by atoms with Crippen LogP contribution in [0.25, 0.3) is 0 Å². The molecule has 0 unspecified atom stereocenters. The second-order valence-electron chi connectivity index (χ2n) is 4.69. The molecular formula is C15H17F2N3. The van der Waals surface area contributed by atoms with Gasteiger partial charge in [0.05, 0.1) is 5.69 Å². The molecule has 0 aliphatic carbocycles. The van der Waals surface area contributed by atoms with E-state index in [0.717, 1.165) is 24.7 Å². The van der Waals surface area contributed by atoms with Gasteiger partial charge in [0.25, 0.3) is 0 Å².